The molecule has 2 aliphatic rings. The van der Waals surface area contributed by atoms with Gasteiger partial charge in [-0.2, -0.15) is 9.73 Å². The Morgan fingerprint density at radius 2 is 1.96 bits per heavy atom. The molecule has 1 aliphatic heterocycles. The van der Waals surface area contributed by atoms with Gasteiger partial charge in [-0.1, -0.05) is 31.2 Å². The predicted octanol–water partition coefficient (Wildman–Crippen LogP) is 0.498. The van der Waals surface area contributed by atoms with Gasteiger partial charge in [0.2, 0.25) is 10.0 Å². The molecule has 1 spiro atoms. The minimum absolute atomic E-state index is 0.0197. The quantitative estimate of drug-likeness (QED) is 0.487. The highest BCUT2D eigenvalue weighted by atomic mass is 32.2. The molecular formula is C18H20N4O5S. The molecule has 0 aromatic heterocycles. The Kier molecular flexibility index (Phi) is 5.40. The lowest BCUT2D eigenvalue weighted by atomic mass is 9.82. The standard InChI is InChI=1S/C18H20N4O5S/c1-2-11-19-28(26,27)14-8-6-7-13(12-14)15(23)21-22-16(24)18(20-17(22)25)9-4-3-5-10-18/h1,6-8,12,19H,3-5,9-11H2,(H,20,25)(H,21,23). The number of terminal acetylenes is 1. The summed E-state index contributed by atoms with van der Waals surface area (Å²) in [5.74, 6) is 0.891. The van der Waals surface area contributed by atoms with Crippen molar-refractivity contribution in [3.63, 3.8) is 0 Å². The number of carbonyl (C=O) groups is 3. The van der Waals surface area contributed by atoms with Crippen LogP contribution in [0.3, 0.4) is 0 Å². The number of nitrogens with one attached hydrogen (secondary N) is 3. The van der Waals surface area contributed by atoms with Gasteiger partial charge in [0, 0.05) is 5.56 Å². The number of hydrogen-bond acceptors (Lipinski definition) is 5. The van der Waals surface area contributed by atoms with Crippen molar-refractivity contribution in [1.82, 2.24) is 20.5 Å². The first kappa shape index (κ1) is 19.9. The number of nitrogens with zero attached hydrogens (tertiary/aromatic N) is 1. The molecule has 1 aliphatic carbocycles. The van der Waals surface area contributed by atoms with E-state index in [1.54, 1.807) is 0 Å². The number of rotatable bonds is 5. The van der Waals surface area contributed by atoms with Crippen LogP contribution in [0.2, 0.25) is 0 Å². The van der Waals surface area contributed by atoms with Gasteiger partial charge in [0.05, 0.1) is 11.4 Å². The SMILES string of the molecule is C#CCNS(=O)(=O)c1cccc(C(=O)NN2C(=O)NC3(CCCCC3)C2=O)c1. The van der Waals surface area contributed by atoms with Gasteiger partial charge in [0.15, 0.2) is 0 Å². The molecule has 0 atom stereocenters. The van der Waals surface area contributed by atoms with Crippen LogP contribution in [0.1, 0.15) is 42.5 Å². The minimum Gasteiger partial charge on any atom is -0.322 e. The van der Waals surface area contributed by atoms with E-state index < -0.39 is 33.4 Å². The van der Waals surface area contributed by atoms with Crippen molar-refractivity contribution < 1.29 is 22.8 Å². The van der Waals surface area contributed by atoms with Gasteiger partial charge < -0.3 is 5.32 Å². The van der Waals surface area contributed by atoms with E-state index in [1.807, 2.05) is 0 Å². The fourth-order valence-corrected chi connectivity index (χ4v) is 4.39. The molecule has 3 N–H and O–H groups in total. The number of sulfonamides is 1. The first-order valence-corrected chi connectivity index (χ1v) is 10.3. The zero-order valence-corrected chi connectivity index (χ0v) is 15.8. The Hall–Kier alpha value is -2.90. The topological polar surface area (TPSA) is 125 Å². The van der Waals surface area contributed by atoms with Gasteiger partial charge in [-0.3, -0.25) is 15.0 Å². The summed E-state index contributed by atoms with van der Waals surface area (Å²) >= 11 is 0. The van der Waals surface area contributed by atoms with Crippen molar-refractivity contribution in [2.75, 3.05) is 6.54 Å². The van der Waals surface area contributed by atoms with Gasteiger partial charge in [-0.05, 0) is 31.0 Å². The number of hydrazine groups is 1. The molecular weight excluding hydrogens is 384 g/mol. The molecule has 1 aromatic carbocycles. The van der Waals surface area contributed by atoms with Crippen LogP contribution in [0.4, 0.5) is 4.79 Å². The molecule has 1 saturated carbocycles. The normalized spacial score (nSPS) is 18.6. The number of amides is 4. The second-order valence-corrected chi connectivity index (χ2v) is 8.48. The van der Waals surface area contributed by atoms with Crippen molar-refractivity contribution in [3.05, 3.63) is 29.8 Å². The van der Waals surface area contributed by atoms with Gasteiger partial charge in [0.25, 0.3) is 11.8 Å². The average molecular weight is 404 g/mol. The summed E-state index contributed by atoms with van der Waals surface area (Å²) in [7, 11) is -3.88. The highest BCUT2D eigenvalue weighted by Crippen LogP contribution is 2.33. The average Bonchev–Trinajstić information content (AvgIpc) is 2.91. The third-order valence-corrected chi connectivity index (χ3v) is 6.25. The van der Waals surface area contributed by atoms with E-state index in [0.29, 0.717) is 17.9 Å². The summed E-state index contributed by atoms with van der Waals surface area (Å²) in [6, 6.07) is 4.52. The number of carbonyl (C=O) groups excluding carboxylic acids is 3. The van der Waals surface area contributed by atoms with Crippen molar-refractivity contribution in [1.29, 1.82) is 0 Å². The maximum absolute atomic E-state index is 12.7. The van der Waals surface area contributed by atoms with Crippen LogP contribution in [0, 0.1) is 12.3 Å². The molecule has 0 bridgehead atoms. The van der Waals surface area contributed by atoms with E-state index in [4.69, 9.17) is 6.42 Å². The second kappa shape index (κ2) is 7.61. The lowest BCUT2D eigenvalue weighted by Crippen LogP contribution is -2.50. The molecule has 148 valence electrons. The molecule has 1 aromatic rings. The van der Waals surface area contributed by atoms with Crippen LogP contribution in [-0.2, 0) is 14.8 Å². The molecule has 1 saturated heterocycles. The molecule has 2 fully saturated rings. The maximum atomic E-state index is 12.7. The van der Waals surface area contributed by atoms with Crippen LogP contribution >= 0.6 is 0 Å². The Balaban J connectivity index is 1.77. The first-order chi connectivity index (χ1) is 13.3. The summed E-state index contributed by atoms with van der Waals surface area (Å²) in [5, 5.41) is 3.35. The zero-order valence-electron chi connectivity index (χ0n) is 15.0. The van der Waals surface area contributed by atoms with Crippen molar-refractivity contribution in [2.24, 2.45) is 0 Å². The maximum Gasteiger partial charge on any atom is 0.344 e. The van der Waals surface area contributed by atoms with E-state index >= 15 is 0 Å². The van der Waals surface area contributed by atoms with E-state index in [1.165, 1.54) is 18.2 Å². The summed E-state index contributed by atoms with van der Waals surface area (Å²) in [6.45, 7) is -0.191. The van der Waals surface area contributed by atoms with Crippen molar-refractivity contribution in [3.8, 4) is 12.3 Å². The Morgan fingerprint density at radius 1 is 1.25 bits per heavy atom. The van der Waals surface area contributed by atoms with Gasteiger partial charge in [-0.25, -0.2) is 13.2 Å². The molecule has 3 rings (SSSR count). The van der Waals surface area contributed by atoms with Gasteiger partial charge in [0.1, 0.15) is 5.54 Å². The third kappa shape index (κ3) is 3.72. The molecule has 9 nitrogen and oxygen atoms in total. The fourth-order valence-electron chi connectivity index (χ4n) is 3.41. The van der Waals surface area contributed by atoms with E-state index in [9.17, 15) is 22.8 Å². The molecule has 1 heterocycles. The fraction of sp³-hybridized carbons (Fsp3) is 0.389. The number of benzene rings is 1. The zero-order chi connectivity index (χ0) is 20.4. The monoisotopic (exact) mass is 404 g/mol. The molecule has 0 radical (unpaired) electrons. The first-order valence-electron chi connectivity index (χ1n) is 8.80. The second-order valence-electron chi connectivity index (χ2n) is 6.71. The molecule has 28 heavy (non-hydrogen) atoms. The molecule has 4 amide bonds. The largest absolute Gasteiger partial charge is 0.344 e. The Bertz CT molecular complexity index is 960. The smallest absolute Gasteiger partial charge is 0.322 e. The highest BCUT2D eigenvalue weighted by Gasteiger charge is 2.52. The van der Waals surface area contributed by atoms with Crippen LogP contribution in [0.15, 0.2) is 29.2 Å². The number of urea groups is 1. The molecule has 10 heteroatoms. The third-order valence-electron chi connectivity index (χ3n) is 4.85. The van der Waals surface area contributed by atoms with Crippen LogP contribution in [0.5, 0.6) is 0 Å². The molecule has 0 unspecified atom stereocenters. The van der Waals surface area contributed by atoms with E-state index in [2.05, 4.69) is 21.4 Å². The van der Waals surface area contributed by atoms with Crippen LogP contribution in [-0.4, -0.2) is 43.4 Å². The van der Waals surface area contributed by atoms with Gasteiger partial charge >= 0.3 is 6.03 Å². The summed E-state index contributed by atoms with van der Waals surface area (Å²) in [6.07, 6.45) is 8.73. The van der Waals surface area contributed by atoms with Crippen LogP contribution < -0.4 is 15.5 Å². The summed E-state index contributed by atoms with van der Waals surface area (Å²) in [5.41, 5.74) is 1.29. The van der Waals surface area contributed by atoms with Crippen LogP contribution in [0.25, 0.3) is 0 Å². The predicted molar refractivity (Wildman–Crippen MR) is 99.1 cm³/mol. The highest BCUT2D eigenvalue weighted by molar-refractivity contribution is 7.89. The summed E-state index contributed by atoms with van der Waals surface area (Å²) in [4.78, 5) is 37.3. The Morgan fingerprint density at radius 3 is 2.64 bits per heavy atom. The lowest BCUT2D eigenvalue weighted by Gasteiger charge is -2.30. The van der Waals surface area contributed by atoms with E-state index in [-0.39, 0.29) is 17.0 Å². The van der Waals surface area contributed by atoms with Crippen molar-refractivity contribution >= 4 is 27.9 Å². The number of hydrogen-bond donors (Lipinski definition) is 3. The lowest BCUT2D eigenvalue weighted by molar-refractivity contribution is -0.134. The minimum atomic E-state index is -3.88. The Labute approximate surface area is 162 Å². The van der Waals surface area contributed by atoms with Gasteiger partial charge in [-0.15, -0.1) is 6.42 Å². The number of imide groups is 1. The summed E-state index contributed by atoms with van der Waals surface area (Å²) < 4.78 is 26.5. The van der Waals surface area contributed by atoms with E-state index in [0.717, 1.165) is 25.3 Å². The van der Waals surface area contributed by atoms with Crippen molar-refractivity contribution in [2.45, 2.75) is 42.5 Å².